The van der Waals surface area contributed by atoms with Gasteiger partial charge in [-0.05, 0) is 6.07 Å². The minimum atomic E-state index is -0.194. The molecule has 0 aromatic heterocycles. The van der Waals surface area contributed by atoms with Crippen LogP contribution in [0.2, 0.25) is 5.02 Å². The molecular weight excluding hydrogens is 192 g/mol. The van der Waals surface area contributed by atoms with Crippen LogP contribution < -0.4 is 0 Å². The zero-order valence-corrected chi connectivity index (χ0v) is 7.40. The van der Waals surface area contributed by atoms with E-state index in [1.54, 1.807) is 24.3 Å². The molecule has 0 bridgehead atoms. The highest BCUT2D eigenvalue weighted by Crippen LogP contribution is 2.15. The zero-order chi connectivity index (χ0) is 9.68. The van der Waals surface area contributed by atoms with Crippen LogP contribution in [0, 0.1) is 4.91 Å². The fourth-order valence-electron chi connectivity index (χ4n) is 0.927. The van der Waals surface area contributed by atoms with Gasteiger partial charge in [-0.1, -0.05) is 40.1 Å². The lowest BCUT2D eigenvalue weighted by Gasteiger charge is -2.01. The van der Waals surface area contributed by atoms with Crippen molar-refractivity contribution in [2.45, 2.75) is 0 Å². The van der Waals surface area contributed by atoms with Gasteiger partial charge in [0.25, 0.3) is 0 Å². The highest BCUT2D eigenvalue weighted by atomic mass is 35.5. The minimum absolute atomic E-state index is 0.167. The molecule has 0 unspecified atom stereocenters. The average molecular weight is 199 g/mol. The molecular formula is C8H7ClN2O2. The van der Waals surface area contributed by atoms with Gasteiger partial charge >= 0.3 is 0 Å². The summed E-state index contributed by atoms with van der Waals surface area (Å²) < 4.78 is 0. The summed E-state index contributed by atoms with van der Waals surface area (Å²) in [6.07, 6.45) is 0. The van der Waals surface area contributed by atoms with Crippen LogP contribution in [0.1, 0.15) is 5.56 Å². The van der Waals surface area contributed by atoms with Gasteiger partial charge in [-0.15, -0.1) is 0 Å². The van der Waals surface area contributed by atoms with E-state index in [9.17, 15) is 4.91 Å². The Hall–Kier alpha value is -1.42. The fourth-order valence-corrected chi connectivity index (χ4v) is 1.17. The molecule has 1 N–H and O–H groups in total. The molecule has 0 aliphatic heterocycles. The van der Waals surface area contributed by atoms with Gasteiger partial charge in [0.1, 0.15) is 12.3 Å². The molecule has 0 aliphatic rings. The van der Waals surface area contributed by atoms with E-state index in [0.717, 1.165) is 0 Å². The summed E-state index contributed by atoms with van der Waals surface area (Å²) in [6.45, 7) is -0.194. The summed E-state index contributed by atoms with van der Waals surface area (Å²) in [5.41, 5.74) is 0.687. The van der Waals surface area contributed by atoms with Crippen LogP contribution in [0.4, 0.5) is 0 Å². The monoisotopic (exact) mass is 198 g/mol. The Morgan fingerprint density at radius 3 is 2.69 bits per heavy atom. The van der Waals surface area contributed by atoms with Crippen LogP contribution in [0.3, 0.4) is 0 Å². The molecule has 0 radical (unpaired) electrons. The van der Waals surface area contributed by atoms with Crippen molar-refractivity contribution in [3.8, 4) is 0 Å². The first kappa shape index (κ1) is 9.67. The van der Waals surface area contributed by atoms with E-state index in [1.807, 2.05) is 0 Å². The van der Waals surface area contributed by atoms with E-state index in [2.05, 4.69) is 10.3 Å². The molecule has 0 aliphatic carbocycles. The van der Waals surface area contributed by atoms with Gasteiger partial charge in [0.2, 0.25) is 0 Å². The van der Waals surface area contributed by atoms with Gasteiger partial charge in [-0.2, -0.15) is 4.91 Å². The Morgan fingerprint density at radius 2 is 2.15 bits per heavy atom. The molecule has 0 heterocycles. The normalized spacial score (nSPS) is 11.3. The zero-order valence-electron chi connectivity index (χ0n) is 6.64. The average Bonchev–Trinajstić information content (AvgIpc) is 2.16. The van der Waals surface area contributed by atoms with Gasteiger partial charge in [0.05, 0.1) is 0 Å². The second-order valence-corrected chi connectivity index (χ2v) is 2.72. The number of oxime groups is 1. The quantitative estimate of drug-likeness (QED) is 0.351. The molecule has 68 valence electrons. The fraction of sp³-hybridized carbons (Fsp3) is 0.125. The number of hydrogen-bond donors (Lipinski definition) is 1. The van der Waals surface area contributed by atoms with Gasteiger partial charge in [0, 0.05) is 10.6 Å². The van der Waals surface area contributed by atoms with E-state index in [-0.39, 0.29) is 12.3 Å². The lowest BCUT2D eigenvalue weighted by molar-refractivity contribution is 0.318. The number of nitrogens with zero attached hydrogens (tertiary/aromatic N) is 2. The molecule has 0 amide bonds. The molecule has 1 aromatic rings. The molecule has 0 spiro atoms. The van der Waals surface area contributed by atoms with Crippen molar-refractivity contribution in [1.29, 1.82) is 0 Å². The number of benzene rings is 1. The first-order valence-electron chi connectivity index (χ1n) is 3.54. The van der Waals surface area contributed by atoms with E-state index < -0.39 is 0 Å². The lowest BCUT2D eigenvalue weighted by Crippen LogP contribution is -2.05. The predicted molar refractivity (Wildman–Crippen MR) is 50.4 cm³/mol. The Labute approximate surface area is 79.8 Å². The number of hydrogen-bond acceptors (Lipinski definition) is 4. The highest BCUT2D eigenvalue weighted by Gasteiger charge is 2.07. The number of rotatable bonds is 3. The molecule has 0 atom stereocenters. The van der Waals surface area contributed by atoms with Crippen molar-refractivity contribution in [2.24, 2.45) is 10.3 Å². The Bertz CT molecular complexity index is 339. The van der Waals surface area contributed by atoms with Crippen LogP contribution in [-0.2, 0) is 0 Å². The van der Waals surface area contributed by atoms with Gasteiger partial charge in [-0.25, -0.2) is 0 Å². The summed E-state index contributed by atoms with van der Waals surface area (Å²) >= 11 is 5.80. The molecule has 1 rings (SSSR count). The largest absolute Gasteiger partial charge is 0.411 e. The van der Waals surface area contributed by atoms with Crippen LogP contribution in [0.5, 0.6) is 0 Å². The molecule has 0 fully saturated rings. The topological polar surface area (TPSA) is 62.0 Å². The van der Waals surface area contributed by atoms with E-state index in [4.69, 9.17) is 16.8 Å². The molecule has 4 nitrogen and oxygen atoms in total. The predicted octanol–water partition coefficient (Wildman–Crippen LogP) is 2.28. The summed E-state index contributed by atoms with van der Waals surface area (Å²) in [6, 6.07) is 6.78. The second-order valence-electron chi connectivity index (χ2n) is 2.31. The maximum atomic E-state index is 9.97. The SMILES string of the molecule is O=NC/C(=N\O)c1ccccc1Cl. The Balaban J connectivity index is 3.05. The maximum absolute atomic E-state index is 9.97. The summed E-state index contributed by atoms with van der Waals surface area (Å²) in [4.78, 5) is 9.97. The van der Waals surface area contributed by atoms with Crippen LogP contribution in [-0.4, -0.2) is 17.5 Å². The smallest absolute Gasteiger partial charge is 0.127 e. The molecule has 13 heavy (non-hydrogen) atoms. The van der Waals surface area contributed by atoms with Crippen molar-refractivity contribution in [1.82, 2.24) is 0 Å². The van der Waals surface area contributed by atoms with Crippen molar-refractivity contribution < 1.29 is 5.21 Å². The molecule has 0 saturated carbocycles. The second kappa shape index (κ2) is 4.57. The van der Waals surface area contributed by atoms with Crippen molar-refractivity contribution in [3.63, 3.8) is 0 Å². The van der Waals surface area contributed by atoms with Gasteiger partial charge < -0.3 is 5.21 Å². The van der Waals surface area contributed by atoms with Gasteiger partial charge in [-0.3, -0.25) is 0 Å². The van der Waals surface area contributed by atoms with E-state index in [0.29, 0.717) is 10.6 Å². The number of halogens is 1. The summed E-state index contributed by atoms with van der Waals surface area (Å²) in [5.74, 6) is 0. The molecule has 0 saturated heterocycles. The third kappa shape index (κ3) is 2.26. The van der Waals surface area contributed by atoms with Crippen molar-refractivity contribution in [3.05, 3.63) is 39.8 Å². The van der Waals surface area contributed by atoms with Crippen LogP contribution >= 0.6 is 11.6 Å². The number of nitroso groups, excluding NO2 is 1. The third-order valence-electron chi connectivity index (χ3n) is 1.52. The maximum Gasteiger partial charge on any atom is 0.127 e. The standard InChI is InChI=1S/C8H7ClN2O2/c9-7-4-2-1-3-6(7)8(11-13)5-10-12/h1-4,13H,5H2/b11-8+. The first-order chi connectivity index (χ1) is 6.29. The minimum Gasteiger partial charge on any atom is -0.411 e. The van der Waals surface area contributed by atoms with E-state index in [1.165, 1.54) is 0 Å². The first-order valence-corrected chi connectivity index (χ1v) is 3.92. The summed E-state index contributed by atoms with van der Waals surface area (Å²) in [5, 5.41) is 14.6. The third-order valence-corrected chi connectivity index (χ3v) is 1.85. The Kier molecular flexibility index (Phi) is 3.40. The lowest BCUT2D eigenvalue weighted by atomic mass is 10.1. The van der Waals surface area contributed by atoms with E-state index >= 15 is 0 Å². The molecule has 1 aromatic carbocycles. The van der Waals surface area contributed by atoms with Crippen LogP contribution in [0.15, 0.2) is 34.6 Å². The Morgan fingerprint density at radius 1 is 1.46 bits per heavy atom. The van der Waals surface area contributed by atoms with Crippen molar-refractivity contribution >= 4 is 17.3 Å². The highest BCUT2D eigenvalue weighted by molar-refractivity contribution is 6.34. The molecule has 5 heteroatoms. The van der Waals surface area contributed by atoms with Crippen LogP contribution in [0.25, 0.3) is 0 Å². The summed E-state index contributed by atoms with van der Waals surface area (Å²) in [7, 11) is 0. The van der Waals surface area contributed by atoms with Gasteiger partial charge in [0.15, 0.2) is 0 Å². The van der Waals surface area contributed by atoms with Crippen molar-refractivity contribution in [2.75, 3.05) is 6.54 Å².